The SMILES string of the molecule is CC[C@H](O)CCCC[C@H]1OC(=O)Cc2cc(O)cc(O)c21. The number of benzene rings is 1. The number of hydrogen-bond donors (Lipinski definition) is 3. The van der Waals surface area contributed by atoms with Crippen molar-refractivity contribution in [2.45, 2.75) is 57.7 Å². The number of aliphatic hydroxyl groups excluding tert-OH is 1. The maximum Gasteiger partial charge on any atom is 0.310 e. The van der Waals surface area contributed by atoms with Crippen molar-refractivity contribution < 1.29 is 24.9 Å². The van der Waals surface area contributed by atoms with E-state index in [1.54, 1.807) is 0 Å². The fourth-order valence-corrected chi connectivity index (χ4v) is 2.73. The van der Waals surface area contributed by atoms with E-state index < -0.39 is 6.10 Å². The van der Waals surface area contributed by atoms with Gasteiger partial charge in [-0.1, -0.05) is 13.3 Å². The molecule has 5 nitrogen and oxygen atoms in total. The number of fused-ring (bicyclic) bond motifs is 1. The molecule has 0 saturated carbocycles. The molecule has 0 spiro atoms. The van der Waals surface area contributed by atoms with E-state index >= 15 is 0 Å². The molecule has 0 amide bonds. The molecule has 2 atom stereocenters. The van der Waals surface area contributed by atoms with Crippen molar-refractivity contribution in [3.05, 3.63) is 23.3 Å². The average molecular weight is 294 g/mol. The van der Waals surface area contributed by atoms with Gasteiger partial charge in [-0.15, -0.1) is 0 Å². The molecule has 0 bridgehead atoms. The zero-order chi connectivity index (χ0) is 15.4. The van der Waals surface area contributed by atoms with Gasteiger partial charge in [0.05, 0.1) is 12.5 Å². The van der Waals surface area contributed by atoms with Gasteiger partial charge in [-0.2, -0.15) is 0 Å². The van der Waals surface area contributed by atoms with E-state index in [-0.39, 0.29) is 30.0 Å². The summed E-state index contributed by atoms with van der Waals surface area (Å²) < 4.78 is 5.32. The van der Waals surface area contributed by atoms with Crippen LogP contribution in [0.2, 0.25) is 0 Å². The van der Waals surface area contributed by atoms with Gasteiger partial charge >= 0.3 is 5.97 Å². The standard InChI is InChI=1S/C16H22O5/c1-2-11(17)5-3-4-6-14-16-10(8-15(20)21-14)7-12(18)9-13(16)19/h7,9,11,14,17-19H,2-6,8H2,1H3/t11-,14+/m0/s1. The van der Waals surface area contributed by atoms with E-state index in [0.717, 1.165) is 25.7 Å². The van der Waals surface area contributed by atoms with Crippen LogP contribution in [0.3, 0.4) is 0 Å². The highest BCUT2D eigenvalue weighted by Gasteiger charge is 2.29. The highest BCUT2D eigenvalue weighted by molar-refractivity contribution is 5.76. The van der Waals surface area contributed by atoms with Crippen molar-refractivity contribution in [3.8, 4) is 11.5 Å². The molecule has 1 aromatic rings. The molecule has 0 aromatic heterocycles. The van der Waals surface area contributed by atoms with Crippen LogP contribution < -0.4 is 0 Å². The molecule has 3 N–H and O–H groups in total. The van der Waals surface area contributed by atoms with Crippen LogP contribution in [0.1, 0.15) is 56.3 Å². The highest BCUT2D eigenvalue weighted by Crippen LogP contribution is 2.39. The average Bonchev–Trinajstić information content (AvgIpc) is 2.41. The van der Waals surface area contributed by atoms with Crippen LogP contribution in [-0.2, 0) is 16.0 Å². The third-order valence-corrected chi connectivity index (χ3v) is 3.88. The lowest BCUT2D eigenvalue weighted by atomic mass is 9.92. The van der Waals surface area contributed by atoms with Crippen LogP contribution in [0.5, 0.6) is 11.5 Å². The Kier molecular flexibility index (Phi) is 5.07. The summed E-state index contributed by atoms with van der Waals surface area (Å²) in [5, 5.41) is 29.0. The lowest BCUT2D eigenvalue weighted by molar-refractivity contribution is -0.150. The second kappa shape index (κ2) is 6.80. The van der Waals surface area contributed by atoms with Gasteiger partial charge in [-0.3, -0.25) is 4.79 Å². The van der Waals surface area contributed by atoms with Crippen molar-refractivity contribution in [1.82, 2.24) is 0 Å². The van der Waals surface area contributed by atoms with Crippen molar-refractivity contribution in [2.24, 2.45) is 0 Å². The predicted molar refractivity (Wildman–Crippen MR) is 77.1 cm³/mol. The van der Waals surface area contributed by atoms with Gasteiger partial charge in [0.1, 0.15) is 17.6 Å². The summed E-state index contributed by atoms with van der Waals surface area (Å²) in [7, 11) is 0. The number of unbranched alkanes of at least 4 members (excludes halogenated alkanes) is 1. The number of carbonyl (C=O) groups is 1. The number of ether oxygens (including phenoxy) is 1. The first-order valence-electron chi connectivity index (χ1n) is 7.43. The zero-order valence-electron chi connectivity index (χ0n) is 12.2. The van der Waals surface area contributed by atoms with Crippen LogP contribution in [0.25, 0.3) is 0 Å². The van der Waals surface area contributed by atoms with E-state index in [0.29, 0.717) is 17.5 Å². The number of aliphatic hydroxyl groups is 1. The first kappa shape index (κ1) is 15.6. The Hall–Kier alpha value is -1.75. The van der Waals surface area contributed by atoms with Crippen LogP contribution in [-0.4, -0.2) is 27.4 Å². The van der Waals surface area contributed by atoms with Gasteiger partial charge in [-0.25, -0.2) is 0 Å². The Labute approximate surface area is 124 Å². The quantitative estimate of drug-likeness (QED) is 0.554. The Morgan fingerprint density at radius 3 is 2.81 bits per heavy atom. The van der Waals surface area contributed by atoms with Crippen molar-refractivity contribution in [1.29, 1.82) is 0 Å². The number of phenolic OH excluding ortho intramolecular Hbond substituents is 2. The molecule has 2 rings (SSSR count). The number of esters is 1. The Morgan fingerprint density at radius 1 is 1.33 bits per heavy atom. The summed E-state index contributed by atoms with van der Waals surface area (Å²) in [4.78, 5) is 11.6. The first-order chi connectivity index (χ1) is 10.0. The molecule has 0 unspecified atom stereocenters. The van der Waals surface area contributed by atoms with Gasteiger partial charge in [-0.05, 0) is 37.3 Å². The molecule has 0 saturated heterocycles. The molecule has 21 heavy (non-hydrogen) atoms. The number of cyclic esters (lactones) is 1. The monoisotopic (exact) mass is 294 g/mol. The van der Waals surface area contributed by atoms with Crippen LogP contribution >= 0.6 is 0 Å². The number of rotatable bonds is 6. The van der Waals surface area contributed by atoms with Crippen molar-refractivity contribution >= 4 is 5.97 Å². The molecule has 0 fully saturated rings. The number of carbonyl (C=O) groups excluding carboxylic acids is 1. The lowest BCUT2D eigenvalue weighted by Gasteiger charge is -2.26. The molecule has 0 aliphatic carbocycles. The molecular weight excluding hydrogens is 272 g/mol. The highest BCUT2D eigenvalue weighted by atomic mass is 16.5. The molecule has 0 radical (unpaired) electrons. The second-order valence-corrected chi connectivity index (χ2v) is 5.54. The summed E-state index contributed by atoms with van der Waals surface area (Å²) >= 11 is 0. The smallest absolute Gasteiger partial charge is 0.310 e. The van der Waals surface area contributed by atoms with Crippen molar-refractivity contribution in [2.75, 3.05) is 0 Å². The van der Waals surface area contributed by atoms with E-state index in [1.165, 1.54) is 12.1 Å². The largest absolute Gasteiger partial charge is 0.508 e. The van der Waals surface area contributed by atoms with Crippen LogP contribution in [0.4, 0.5) is 0 Å². The van der Waals surface area contributed by atoms with Crippen molar-refractivity contribution in [3.63, 3.8) is 0 Å². The van der Waals surface area contributed by atoms with Crippen LogP contribution in [0, 0.1) is 0 Å². The zero-order valence-corrected chi connectivity index (χ0v) is 12.2. The topological polar surface area (TPSA) is 87.0 Å². The minimum absolute atomic E-state index is 0.0314. The maximum absolute atomic E-state index is 11.6. The molecular formula is C16H22O5. The Morgan fingerprint density at radius 2 is 2.10 bits per heavy atom. The van der Waals surface area contributed by atoms with E-state index in [1.807, 2.05) is 6.92 Å². The second-order valence-electron chi connectivity index (χ2n) is 5.54. The van der Waals surface area contributed by atoms with E-state index in [4.69, 9.17) is 4.74 Å². The minimum Gasteiger partial charge on any atom is -0.508 e. The lowest BCUT2D eigenvalue weighted by Crippen LogP contribution is -2.21. The van der Waals surface area contributed by atoms with Gasteiger partial charge in [0, 0.05) is 11.6 Å². The predicted octanol–water partition coefficient (Wildman–Crippen LogP) is 2.57. The summed E-state index contributed by atoms with van der Waals surface area (Å²) in [6.45, 7) is 1.94. The molecule has 1 aliphatic rings. The molecule has 1 aliphatic heterocycles. The number of phenols is 2. The first-order valence-corrected chi connectivity index (χ1v) is 7.43. The minimum atomic E-state index is -0.472. The van der Waals surface area contributed by atoms with E-state index in [9.17, 15) is 20.1 Å². The van der Waals surface area contributed by atoms with E-state index in [2.05, 4.69) is 0 Å². The van der Waals surface area contributed by atoms with Crippen LogP contribution in [0.15, 0.2) is 12.1 Å². The van der Waals surface area contributed by atoms with Gasteiger partial charge < -0.3 is 20.1 Å². The third-order valence-electron chi connectivity index (χ3n) is 3.88. The Balaban J connectivity index is 2.03. The molecule has 1 aromatic carbocycles. The van der Waals surface area contributed by atoms with Gasteiger partial charge in [0.25, 0.3) is 0 Å². The summed E-state index contributed by atoms with van der Waals surface area (Å²) in [6.07, 6.45) is 3.03. The normalized spacial score (nSPS) is 19.0. The number of aromatic hydroxyl groups is 2. The van der Waals surface area contributed by atoms with Gasteiger partial charge in [0.2, 0.25) is 0 Å². The van der Waals surface area contributed by atoms with Gasteiger partial charge in [0.15, 0.2) is 0 Å². The molecule has 1 heterocycles. The summed E-state index contributed by atoms with van der Waals surface area (Å²) in [5.74, 6) is -0.423. The fraction of sp³-hybridized carbons (Fsp3) is 0.562. The Bertz CT molecular complexity index is 512. The summed E-state index contributed by atoms with van der Waals surface area (Å²) in [5.41, 5.74) is 1.23. The summed E-state index contributed by atoms with van der Waals surface area (Å²) in [6, 6.07) is 2.77. The molecule has 5 heteroatoms. The third kappa shape index (κ3) is 3.88. The fourth-order valence-electron chi connectivity index (χ4n) is 2.73. The number of hydrogen-bond acceptors (Lipinski definition) is 5. The maximum atomic E-state index is 11.6. The molecule has 116 valence electrons.